The number of amides is 2. The van der Waals surface area contributed by atoms with Crippen LogP contribution in [0.1, 0.15) is 45.0 Å². The lowest BCUT2D eigenvalue weighted by atomic mass is 10.1. The molecule has 2 amide bonds. The van der Waals surface area contributed by atoms with Gasteiger partial charge in [-0.1, -0.05) is 0 Å². The second kappa shape index (κ2) is 10.00. The highest BCUT2D eigenvalue weighted by molar-refractivity contribution is 6.08. The molecule has 2 aromatic heterocycles. The van der Waals surface area contributed by atoms with Gasteiger partial charge in [0, 0.05) is 50.4 Å². The molecule has 1 fully saturated rings. The van der Waals surface area contributed by atoms with Gasteiger partial charge < -0.3 is 24.6 Å². The molecule has 3 heterocycles. The monoisotopic (exact) mass is 495 g/mol. The quantitative estimate of drug-likeness (QED) is 0.572. The highest BCUT2D eigenvalue weighted by atomic mass is 16.6. The Morgan fingerprint density at radius 1 is 1.17 bits per heavy atom. The highest BCUT2D eigenvalue weighted by Crippen LogP contribution is 2.27. The maximum atomic E-state index is 13.0. The third-order valence-electron chi connectivity index (χ3n) is 5.74. The number of hydrogen-bond acceptors (Lipinski definition) is 8. The molecule has 11 heteroatoms. The lowest BCUT2D eigenvalue weighted by Gasteiger charge is -2.40. The number of hydrogen-bond donors (Lipinski definition) is 1. The summed E-state index contributed by atoms with van der Waals surface area (Å²) in [5.74, 6) is 1.13. The van der Waals surface area contributed by atoms with Crippen molar-refractivity contribution < 1.29 is 19.1 Å². The van der Waals surface area contributed by atoms with E-state index < -0.39 is 5.60 Å². The molecule has 1 aromatic carbocycles. The topological polar surface area (TPSA) is 115 Å². The van der Waals surface area contributed by atoms with Crippen molar-refractivity contribution >= 4 is 34.5 Å². The zero-order valence-electron chi connectivity index (χ0n) is 21.6. The summed E-state index contributed by atoms with van der Waals surface area (Å²) in [6.07, 6.45) is 1.54. The molecule has 4 rings (SSSR count). The van der Waals surface area contributed by atoms with Gasteiger partial charge in [-0.25, -0.2) is 4.79 Å². The van der Waals surface area contributed by atoms with Crippen LogP contribution < -0.4 is 15.0 Å². The van der Waals surface area contributed by atoms with Crippen LogP contribution >= 0.6 is 0 Å². The van der Waals surface area contributed by atoms with Crippen LogP contribution in [0.4, 0.5) is 16.4 Å². The molecule has 11 nitrogen and oxygen atoms in total. The van der Waals surface area contributed by atoms with E-state index in [0.717, 1.165) is 10.9 Å². The summed E-state index contributed by atoms with van der Waals surface area (Å²) in [7, 11) is 1.83. The lowest BCUT2D eigenvalue weighted by molar-refractivity contribution is 0.0158. The Kier molecular flexibility index (Phi) is 7.00. The number of piperazine rings is 1. The van der Waals surface area contributed by atoms with Gasteiger partial charge in [-0.3, -0.25) is 9.48 Å². The maximum absolute atomic E-state index is 13.0. The first-order chi connectivity index (χ1) is 17.0. The van der Waals surface area contributed by atoms with Crippen LogP contribution in [-0.2, 0) is 11.8 Å². The van der Waals surface area contributed by atoms with E-state index in [0.29, 0.717) is 49.2 Å². The summed E-state index contributed by atoms with van der Waals surface area (Å²) in [5, 5.41) is 16.5. The van der Waals surface area contributed by atoms with Gasteiger partial charge in [0.15, 0.2) is 11.6 Å². The Bertz CT molecular complexity index is 1250. The first kappa shape index (κ1) is 25.2. The van der Waals surface area contributed by atoms with Gasteiger partial charge in [0.05, 0.1) is 17.7 Å². The van der Waals surface area contributed by atoms with Gasteiger partial charge in [-0.2, -0.15) is 5.10 Å². The van der Waals surface area contributed by atoms with Crippen molar-refractivity contribution in [1.29, 1.82) is 0 Å². The molecule has 1 aliphatic rings. The largest absolute Gasteiger partial charge is 0.493 e. The first-order valence-electron chi connectivity index (χ1n) is 12.0. The number of aryl methyl sites for hydroxylation is 1. The molecule has 3 aromatic rings. The number of rotatable bonds is 5. The summed E-state index contributed by atoms with van der Waals surface area (Å²) >= 11 is 0. The molecular formula is C25H33N7O4. The Balaban J connectivity index is 1.42. The van der Waals surface area contributed by atoms with E-state index in [2.05, 4.69) is 25.5 Å². The minimum atomic E-state index is -0.535. The van der Waals surface area contributed by atoms with E-state index >= 15 is 0 Å². The van der Waals surface area contributed by atoms with E-state index in [4.69, 9.17) is 9.47 Å². The molecule has 36 heavy (non-hydrogen) atoms. The highest BCUT2D eigenvalue weighted by Gasteiger charge is 2.31. The predicted octanol–water partition coefficient (Wildman–Crippen LogP) is 3.46. The normalized spacial score (nSPS) is 16.2. The molecule has 1 N–H and O–H groups in total. The van der Waals surface area contributed by atoms with Gasteiger partial charge in [0.1, 0.15) is 11.4 Å². The predicted molar refractivity (Wildman–Crippen MR) is 136 cm³/mol. The molecule has 192 valence electrons. The van der Waals surface area contributed by atoms with Crippen molar-refractivity contribution in [1.82, 2.24) is 24.9 Å². The fourth-order valence-corrected chi connectivity index (χ4v) is 4.13. The average Bonchev–Trinajstić information content (AvgIpc) is 3.16. The summed E-state index contributed by atoms with van der Waals surface area (Å²) in [6.45, 7) is 11.6. The lowest BCUT2D eigenvalue weighted by Crippen LogP contribution is -2.55. The number of ether oxygens (including phenoxy) is 2. The molecule has 1 atom stereocenters. The van der Waals surface area contributed by atoms with Gasteiger partial charge in [0.25, 0.3) is 5.91 Å². The Hall–Kier alpha value is -3.89. The number of fused-ring (bicyclic) bond motifs is 1. The Labute approximate surface area is 210 Å². The van der Waals surface area contributed by atoms with E-state index in [9.17, 15) is 9.59 Å². The zero-order valence-corrected chi connectivity index (χ0v) is 21.6. The van der Waals surface area contributed by atoms with Crippen LogP contribution in [0, 0.1) is 0 Å². The molecule has 0 aliphatic carbocycles. The summed E-state index contributed by atoms with van der Waals surface area (Å²) < 4.78 is 12.9. The van der Waals surface area contributed by atoms with E-state index in [1.807, 2.05) is 53.9 Å². The number of aromatic nitrogens is 4. The molecule has 1 saturated heterocycles. The first-order valence-corrected chi connectivity index (χ1v) is 12.0. The average molecular weight is 496 g/mol. The van der Waals surface area contributed by atoms with Crippen molar-refractivity contribution in [3.8, 4) is 5.75 Å². The number of carbonyl (C=O) groups is 2. The minimum Gasteiger partial charge on any atom is -0.493 e. The minimum absolute atomic E-state index is 0.0471. The van der Waals surface area contributed by atoms with Crippen molar-refractivity contribution in [2.45, 2.75) is 46.3 Å². The van der Waals surface area contributed by atoms with E-state index in [-0.39, 0.29) is 18.0 Å². The maximum Gasteiger partial charge on any atom is 0.410 e. The zero-order chi connectivity index (χ0) is 26.0. The van der Waals surface area contributed by atoms with Crippen LogP contribution in [0.15, 0.2) is 30.5 Å². The second-order valence-corrected chi connectivity index (χ2v) is 9.84. The van der Waals surface area contributed by atoms with Gasteiger partial charge in [-0.05, 0) is 52.8 Å². The Morgan fingerprint density at radius 2 is 1.94 bits per heavy atom. The van der Waals surface area contributed by atoms with Gasteiger partial charge >= 0.3 is 6.09 Å². The third kappa shape index (κ3) is 5.67. The molecule has 0 bridgehead atoms. The Morgan fingerprint density at radius 3 is 2.58 bits per heavy atom. The third-order valence-corrected chi connectivity index (χ3v) is 5.74. The fourth-order valence-electron chi connectivity index (χ4n) is 4.13. The number of carbonyl (C=O) groups excluding carboxylic acids is 2. The SMILES string of the molecule is CCOc1cc2nn(C)cc2cc1C(=O)Nc1ccc(N2CCN(C(=O)OC(C)(C)C)[C@H](C)C2)nn1. The number of anilines is 2. The van der Waals surface area contributed by atoms with Crippen molar-refractivity contribution in [2.24, 2.45) is 7.05 Å². The number of nitrogens with zero attached hydrogens (tertiary/aromatic N) is 6. The number of nitrogens with one attached hydrogen (secondary N) is 1. The van der Waals surface area contributed by atoms with E-state index in [1.165, 1.54) is 0 Å². The molecule has 1 aliphatic heterocycles. The molecule has 0 unspecified atom stereocenters. The number of benzene rings is 1. The van der Waals surface area contributed by atoms with Crippen molar-refractivity contribution in [3.05, 3.63) is 36.0 Å². The van der Waals surface area contributed by atoms with Gasteiger partial charge in [-0.15, -0.1) is 10.2 Å². The molecule has 0 spiro atoms. The van der Waals surface area contributed by atoms with E-state index in [1.54, 1.807) is 27.8 Å². The van der Waals surface area contributed by atoms with Crippen molar-refractivity contribution in [2.75, 3.05) is 36.5 Å². The fraction of sp³-hybridized carbons (Fsp3) is 0.480. The summed E-state index contributed by atoms with van der Waals surface area (Å²) in [5.41, 5.74) is 0.616. The van der Waals surface area contributed by atoms with Crippen LogP contribution in [0.25, 0.3) is 10.9 Å². The van der Waals surface area contributed by atoms with Crippen LogP contribution in [0.3, 0.4) is 0 Å². The molecular weight excluding hydrogens is 462 g/mol. The smallest absolute Gasteiger partial charge is 0.410 e. The van der Waals surface area contributed by atoms with Crippen LogP contribution in [0.2, 0.25) is 0 Å². The molecule has 0 saturated carbocycles. The van der Waals surface area contributed by atoms with Crippen LogP contribution in [0.5, 0.6) is 5.75 Å². The summed E-state index contributed by atoms with van der Waals surface area (Å²) in [6, 6.07) is 7.01. The van der Waals surface area contributed by atoms with Crippen molar-refractivity contribution in [3.63, 3.8) is 0 Å². The standard InChI is InChI=1S/C25H33N7O4/c1-7-35-20-13-19-17(15-30(6)29-19)12-18(20)23(33)26-21-8-9-22(28-27-21)31-10-11-32(16(2)14-31)24(34)36-25(3,4)5/h8-9,12-13,15-16H,7,10-11,14H2,1-6H3,(H,26,27,33)/t16-/m1/s1. The second-order valence-electron chi connectivity index (χ2n) is 9.84. The van der Waals surface area contributed by atoms with Gasteiger partial charge in [0.2, 0.25) is 0 Å². The molecule has 0 radical (unpaired) electrons. The van der Waals surface area contributed by atoms with Crippen LogP contribution in [-0.4, -0.2) is 74.8 Å². The summed E-state index contributed by atoms with van der Waals surface area (Å²) in [4.78, 5) is 29.3.